The highest BCUT2D eigenvalue weighted by molar-refractivity contribution is 7.80. The summed E-state index contributed by atoms with van der Waals surface area (Å²) in [5, 5.41) is 13.5. The molecule has 1 atom stereocenters. The second kappa shape index (κ2) is 6.47. The second-order valence-electron chi connectivity index (χ2n) is 5.91. The number of rotatable bonds is 2. The van der Waals surface area contributed by atoms with E-state index in [4.69, 9.17) is 12.2 Å². The third-order valence-corrected chi connectivity index (χ3v) is 5.29. The van der Waals surface area contributed by atoms with Gasteiger partial charge in [0.2, 0.25) is 0 Å². The average Bonchev–Trinajstić information content (AvgIpc) is 2.61. The van der Waals surface area contributed by atoms with E-state index in [1.54, 1.807) is 6.08 Å². The topological polar surface area (TPSA) is 48.7 Å². The first-order valence-corrected chi connectivity index (χ1v) is 8.30. The van der Waals surface area contributed by atoms with E-state index in [-0.39, 0.29) is 0 Å². The first-order chi connectivity index (χ1) is 11.2. The number of nitrogens with one attached hydrogen (secondary N) is 1. The molecule has 1 fully saturated rings. The van der Waals surface area contributed by atoms with Crippen molar-refractivity contribution in [2.45, 2.75) is 31.1 Å². The van der Waals surface area contributed by atoms with E-state index in [9.17, 15) is 5.26 Å². The zero-order valence-corrected chi connectivity index (χ0v) is 14.0. The lowest BCUT2D eigenvalue weighted by Gasteiger charge is -2.40. The number of aromatic nitrogens is 1. The Labute approximate surface area is 142 Å². The highest BCUT2D eigenvalue weighted by Gasteiger charge is 2.42. The molecule has 0 aliphatic heterocycles. The van der Waals surface area contributed by atoms with Crippen molar-refractivity contribution < 1.29 is 0 Å². The number of nitrogens with zero attached hydrogens (tertiary/aromatic N) is 2. The molecule has 0 radical (unpaired) electrons. The molecule has 1 heterocycles. The van der Waals surface area contributed by atoms with Crippen LogP contribution in [0.1, 0.15) is 31.2 Å². The molecule has 1 saturated carbocycles. The number of hydrogen-bond acceptors (Lipinski definition) is 3. The van der Waals surface area contributed by atoms with E-state index in [2.05, 4.69) is 28.5 Å². The molecule has 3 rings (SSSR count). The Balaban J connectivity index is 2.23. The Bertz CT molecular complexity index is 819. The van der Waals surface area contributed by atoms with Crippen molar-refractivity contribution in [3.05, 3.63) is 53.7 Å². The van der Waals surface area contributed by atoms with Crippen LogP contribution in [-0.2, 0) is 5.41 Å². The van der Waals surface area contributed by atoms with E-state index in [1.807, 2.05) is 31.4 Å². The molecule has 4 heteroatoms. The molecule has 1 aliphatic rings. The van der Waals surface area contributed by atoms with E-state index in [0.717, 1.165) is 52.7 Å². The van der Waals surface area contributed by atoms with Crippen LogP contribution in [0.15, 0.2) is 48.2 Å². The number of benzene rings is 1. The number of hydrogen-bond donors (Lipinski definition) is 1. The Morgan fingerprint density at radius 2 is 2.22 bits per heavy atom. The molecule has 0 bridgehead atoms. The van der Waals surface area contributed by atoms with Gasteiger partial charge in [-0.25, -0.2) is 0 Å². The fraction of sp³-hybridized carbons (Fsp3) is 0.316. The summed E-state index contributed by atoms with van der Waals surface area (Å²) in [6.07, 6.45) is 7.61. The number of pyridine rings is 1. The van der Waals surface area contributed by atoms with Crippen LogP contribution in [-0.4, -0.2) is 17.0 Å². The highest BCUT2D eigenvalue weighted by atomic mass is 32.1. The van der Waals surface area contributed by atoms with Gasteiger partial charge in [-0.2, -0.15) is 5.26 Å². The van der Waals surface area contributed by atoms with Crippen LogP contribution in [0.5, 0.6) is 0 Å². The molecule has 1 aromatic heterocycles. The lowest BCUT2D eigenvalue weighted by molar-refractivity contribution is 0.475. The van der Waals surface area contributed by atoms with Gasteiger partial charge in [-0.05, 0) is 42.5 Å². The Hall–Kier alpha value is -2.25. The van der Waals surface area contributed by atoms with Gasteiger partial charge >= 0.3 is 0 Å². The van der Waals surface area contributed by atoms with Crippen molar-refractivity contribution >= 4 is 28.1 Å². The number of nitriles is 1. The fourth-order valence-corrected chi connectivity index (χ4v) is 3.94. The summed E-state index contributed by atoms with van der Waals surface area (Å²) in [5.74, 6) is 0. The van der Waals surface area contributed by atoms with E-state index >= 15 is 0 Å². The zero-order valence-electron chi connectivity index (χ0n) is 13.2. The van der Waals surface area contributed by atoms with Crippen LogP contribution in [0.2, 0.25) is 0 Å². The van der Waals surface area contributed by atoms with Crippen molar-refractivity contribution in [1.82, 2.24) is 10.3 Å². The van der Waals surface area contributed by atoms with E-state index < -0.39 is 5.41 Å². The van der Waals surface area contributed by atoms with Crippen LogP contribution in [0.3, 0.4) is 0 Å². The predicted octanol–water partition coefficient (Wildman–Crippen LogP) is 4.04. The first-order valence-electron chi connectivity index (χ1n) is 7.89. The van der Waals surface area contributed by atoms with Crippen molar-refractivity contribution in [2.75, 3.05) is 7.05 Å². The smallest absolute Gasteiger partial charge is 0.0912 e. The van der Waals surface area contributed by atoms with Crippen molar-refractivity contribution in [2.24, 2.45) is 0 Å². The molecular weight excluding hydrogens is 302 g/mol. The fourth-order valence-electron chi connectivity index (χ4n) is 3.59. The normalized spacial score (nSPS) is 22.7. The Morgan fingerprint density at radius 1 is 1.39 bits per heavy atom. The summed E-state index contributed by atoms with van der Waals surface area (Å²) in [6.45, 7) is 0. The third kappa shape index (κ3) is 2.62. The van der Waals surface area contributed by atoms with E-state index in [1.165, 1.54) is 0 Å². The molecule has 3 nitrogen and oxygen atoms in total. The van der Waals surface area contributed by atoms with Gasteiger partial charge in [0.25, 0.3) is 0 Å². The molecule has 2 aromatic rings. The van der Waals surface area contributed by atoms with Gasteiger partial charge in [0, 0.05) is 24.7 Å². The van der Waals surface area contributed by atoms with Crippen LogP contribution < -0.4 is 5.32 Å². The molecular formula is C19H19N3S. The monoisotopic (exact) mass is 321 g/mol. The summed E-state index contributed by atoms with van der Waals surface area (Å²) >= 11 is 5.69. The van der Waals surface area contributed by atoms with Crippen LogP contribution in [0, 0.1) is 11.3 Å². The number of thiocarbonyl (C=S) groups is 1. The molecule has 1 aromatic carbocycles. The standard InChI is InChI=1S/C19H19N3S/c1-21-18(23)19(10-5-4-7-15(19)9-11-20)16-12-14-6-2-3-8-17(14)22-13-16/h2-3,6,8-9,12-13H,4-5,7,10H2,1H3,(H,21,23). The van der Waals surface area contributed by atoms with Crippen LogP contribution >= 0.6 is 12.2 Å². The summed E-state index contributed by atoms with van der Waals surface area (Å²) in [7, 11) is 1.86. The molecule has 0 amide bonds. The Morgan fingerprint density at radius 3 is 3.00 bits per heavy atom. The third-order valence-electron chi connectivity index (χ3n) is 4.73. The maximum atomic E-state index is 9.22. The highest BCUT2D eigenvalue weighted by Crippen LogP contribution is 2.44. The van der Waals surface area contributed by atoms with Crippen LogP contribution in [0.4, 0.5) is 0 Å². The number of para-hydroxylation sites is 1. The molecule has 23 heavy (non-hydrogen) atoms. The number of fused-ring (bicyclic) bond motifs is 1. The number of likely N-dealkylation sites (N-methyl/N-ethyl adjacent to an activating group) is 1. The molecule has 0 saturated heterocycles. The Kier molecular flexibility index (Phi) is 4.40. The van der Waals surface area contributed by atoms with Gasteiger partial charge in [0.05, 0.1) is 22.0 Å². The second-order valence-corrected chi connectivity index (χ2v) is 6.32. The van der Waals surface area contributed by atoms with Gasteiger partial charge in [0.1, 0.15) is 0 Å². The summed E-state index contributed by atoms with van der Waals surface area (Å²) in [4.78, 5) is 5.39. The van der Waals surface area contributed by atoms with Crippen molar-refractivity contribution in [1.29, 1.82) is 5.26 Å². The molecule has 116 valence electrons. The first kappa shape index (κ1) is 15.6. The van der Waals surface area contributed by atoms with Gasteiger partial charge in [-0.3, -0.25) is 4.98 Å². The maximum absolute atomic E-state index is 9.22. The lowest BCUT2D eigenvalue weighted by atomic mass is 9.66. The minimum atomic E-state index is -0.408. The summed E-state index contributed by atoms with van der Waals surface area (Å²) < 4.78 is 0. The summed E-state index contributed by atoms with van der Waals surface area (Å²) in [6, 6.07) is 12.5. The van der Waals surface area contributed by atoms with Gasteiger partial charge < -0.3 is 5.32 Å². The van der Waals surface area contributed by atoms with Gasteiger partial charge in [-0.1, -0.05) is 36.8 Å². The van der Waals surface area contributed by atoms with E-state index in [0.29, 0.717) is 0 Å². The molecule has 1 aliphatic carbocycles. The van der Waals surface area contributed by atoms with Crippen molar-refractivity contribution in [3.63, 3.8) is 0 Å². The quantitative estimate of drug-likeness (QED) is 0.670. The van der Waals surface area contributed by atoms with Gasteiger partial charge in [-0.15, -0.1) is 0 Å². The summed E-state index contributed by atoms with van der Waals surface area (Å²) in [5.41, 5.74) is 2.75. The lowest BCUT2D eigenvalue weighted by Crippen LogP contribution is -2.45. The average molecular weight is 321 g/mol. The van der Waals surface area contributed by atoms with Gasteiger partial charge in [0.15, 0.2) is 0 Å². The largest absolute Gasteiger partial charge is 0.382 e. The minimum absolute atomic E-state index is 0.408. The number of allylic oxidation sites excluding steroid dienone is 1. The molecule has 1 unspecified atom stereocenters. The van der Waals surface area contributed by atoms with Crippen molar-refractivity contribution in [3.8, 4) is 6.07 Å². The molecule has 1 N–H and O–H groups in total. The van der Waals surface area contributed by atoms with Crippen LogP contribution in [0.25, 0.3) is 10.9 Å². The minimum Gasteiger partial charge on any atom is -0.382 e. The molecule has 0 spiro atoms. The predicted molar refractivity (Wildman–Crippen MR) is 97.2 cm³/mol. The zero-order chi connectivity index (χ0) is 16.3. The SMILES string of the molecule is CNC(=S)C1(c2cnc3ccccc3c2)CCCCC1=CC#N. The maximum Gasteiger partial charge on any atom is 0.0912 e.